The summed E-state index contributed by atoms with van der Waals surface area (Å²) in [5, 5.41) is 11.1. The van der Waals surface area contributed by atoms with Gasteiger partial charge in [-0.05, 0) is 17.7 Å². The number of anilines is 1. The van der Waals surface area contributed by atoms with Crippen molar-refractivity contribution in [3.8, 4) is 6.07 Å². The van der Waals surface area contributed by atoms with Crippen molar-refractivity contribution in [1.82, 2.24) is 0 Å². The lowest BCUT2D eigenvalue weighted by atomic mass is 10.1. The van der Waals surface area contributed by atoms with Crippen LogP contribution in [0.5, 0.6) is 0 Å². The summed E-state index contributed by atoms with van der Waals surface area (Å²) in [7, 11) is 0. The Morgan fingerprint density at radius 1 is 1.33 bits per heavy atom. The molecule has 1 aromatic carbocycles. The van der Waals surface area contributed by atoms with Gasteiger partial charge in [-0.1, -0.05) is 19.1 Å². The van der Waals surface area contributed by atoms with Crippen LogP contribution in [0.1, 0.15) is 18.9 Å². The van der Waals surface area contributed by atoms with Crippen molar-refractivity contribution in [3.05, 3.63) is 29.8 Å². The molecule has 5 heteroatoms. The molecule has 0 radical (unpaired) electrons. The number of hydrogen-bond acceptors (Lipinski definition) is 4. The van der Waals surface area contributed by atoms with Gasteiger partial charge in [0.2, 0.25) is 0 Å². The highest BCUT2D eigenvalue weighted by molar-refractivity contribution is 5.92. The molecule has 0 spiro atoms. The number of rotatable bonds is 5. The van der Waals surface area contributed by atoms with Gasteiger partial charge in [0.15, 0.2) is 6.61 Å². The fourth-order valence-corrected chi connectivity index (χ4v) is 1.24. The summed E-state index contributed by atoms with van der Waals surface area (Å²) >= 11 is 0. The molecule has 0 bridgehead atoms. The fraction of sp³-hybridized carbons (Fsp3) is 0.308. The molecule has 0 aliphatic rings. The Labute approximate surface area is 105 Å². The van der Waals surface area contributed by atoms with E-state index in [0.717, 1.165) is 5.56 Å². The molecule has 1 N–H and O–H groups in total. The minimum absolute atomic E-state index is 0.246. The lowest BCUT2D eigenvalue weighted by Gasteiger charge is -2.06. The molecule has 0 fully saturated rings. The molecule has 0 atom stereocenters. The van der Waals surface area contributed by atoms with E-state index < -0.39 is 5.97 Å². The second-order valence-corrected chi connectivity index (χ2v) is 3.59. The van der Waals surface area contributed by atoms with Crippen molar-refractivity contribution in [2.45, 2.75) is 19.8 Å². The maximum atomic E-state index is 11.4. The summed E-state index contributed by atoms with van der Waals surface area (Å²) in [4.78, 5) is 22.3. The smallest absolute Gasteiger partial charge is 0.306 e. The first kappa shape index (κ1) is 13.7. The van der Waals surface area contributed by atoms with Crippen LogP contribution in [0, 0.1) is 11.3 Å². The van der Waals surface area contributed by atoms with E-state index in [2.05, 4.69) is 5.32 Å². The molecular formula is C13H14N2O3. The summed E-state index contributed by atoms with van der Waals surface area (Å²) in [6, 6.07) is 8.96. The van der Waals surface area contributed by atoms with Gasteiger partial charge in [-0.15, -0.1) is 0 Å². The SMILES string of the molecule is CCC(=O)OCC(=O)Nc1ccc(CC#N)cc1. The molecule has 1 amide bonds. The van der Waals surface area contributed by atoms with Gasteiger partial charge >= 0.3 is 5.97 Å². The Morgan fingerprint density at radius 3 is 2.56 bits per heavy atom. The van der Waals surface area contributed by atoms with E-state index in [9.17, 15) is 9.59 Å². The molecule has 5 nitrogen and oxygen atoms in total. The normalized spacial score (nSPS) is 9.33. The van der Waals surface area contributed by atoms with Crippen molar-refractivity contribution in [2.75, 3.05) is 11.9 Å². The Morgan fingerprint density at radius 2 is 2.00 bits per heavy atom. The molecule has 0 aromatic heterocycles. The van der Waals surface area contributed by atoms with Crippen LogP contribution in [0.25, 0.3) is 0 Å². The zero-order valence-corrected chi connectivity index (χ0v) is 10.1. The first-order chi connectivity index (χ1) is 8.65. The van der Waals surface area contributed by atoms with Gasteiger partial charge in [0.05, 0.1) is 12.5 Å². The van der Waals surface area contributed by atoms with Crippen molar-refractivity contribution in [2.24, 2.45) is 0 Å². The zero-order chi connectivity index (χ0) is 13.4. The maximum Gasteiger partial charge on any atom is 0.306 e. The second-order valence-electron chi connectivity index (χ2n) is 3.59. The third-order valence-corrected chi connectivity index (χ3v) is 2.17. The lowest BCUT2D eigenvalue weighted by Crippen LogP contribution is -2.20. The van der Waals surface area contributed by atoms with Crippen LogP contribution in [0.15, 0.2) is 24.3 Å². The Bertz CT molecular complexity index is 460. The Hall–Kier alpha value is -2.35. The monoisotopic (exact) mass is 246 g/mol. The van der Waals surface area contributed by atoms with Crippen molar-refractivity contribution in [3.63, 3.8) is 0 Å². The lowest BCUT2D eigenvalue weighted by molar-refractivity contribution is -0.146. The maximum absolute atomic E-state index is 11.4. The second kappa shape index (κ2) is 7.07. The summed E-state index contributed by atoms with van der Waals surface area (Å²) in [5.41, 5.74) is 1.49. The van der Waals surface area contributed by atoms with Crippen LogP contribution in [0.2, 0.25) is 0 Å². The van der Waals surface area contributed by atoms with Gasteiger partial charge in [0, 0.05) is 12.1 Å². The third kappa shape index (κ3) is 4.66. The zero-order valence-electron chi connectivity index (χ0n) is 10.1. The number of nitrogens with zero attached hydrogens (tertiary/aromatic N) is 1. The van der Waals surface area contributed by atoms with Gasteiger partial charge in [0.25, 0.3) is 5.91 Å². The number of esters is 1. The van der Waals surface area contributed by atoms with Crippen LogP contribution in [0.4, 0.5) is 5.69 Å². The van der Waals surface area contributed by atoms with Gasteiger partial charge in [0.1, 0.15) is 0 Å². The van der Waals surface area contributed by atoms with E-state index in [0.29, 0.717) is 12.1 Å². The number of carbonyl (C=O) groups is 2. The average Bonchev–Trinajstić information content (AvgIpc) is 2.38. The van der Waals surface area contributed by atoms with Gasteiger partial charge in [-0.3, -0.25) is 9.59 Å². The predicted molar refractivity (Wildman–Crippen MR) is 65.6 cm³/mol. The first-order valence-corrected chi connectivity index (χ1v) is 5.57. The van der Waals surface area contributed by atoms with Gasteiger partial charge in [-0.25, -0.2) is 0 Å². The van der Waals surface area contributed by atoms with E-state index in [1.807, 2.05) is 6.07 Å². The summed E-state index contributed by atoms with van der Waals surface area (Å²) in [6.07, 6.45) is 0.582. The van der Waals surface area contributed by atoms with Crippen molar-refractivity contribution < 1.29 is 14.3 Å². The van der Waals surface area contributed by atoms with Crippen LogP contribution in [0.3, 0.4) is 0 Å². The highest BCUT2D eigenvalue weighted by Crippen LogP contribution is 2.09. The van der Waals surface area contributed by atoms with E-state index in [-0.39, 0.29) is 18.9 Å². The highest BCUT2D eigenvalue weighted by Gasteiger charge is 2.05. The molecule has 0 saturated carbocycles. The minimum Gasteiger partial charge on any atom is -0.456 e. The molecule has 18 heavy (non-hydrogen) atoms. The summed E-state index contributed by atoms with van der Waals surface area (Å²) in [6.45, 7) is 1.38. The van der Waals surface area contributed by atoms with Crippen LogP contribution in [-0.2, 0) is 20.7 Å². The van der Waals surface area contributed by atoms with Gasteiger partial charge in [-0.2, -0.15) is 5.26 Å². The quantitative estimate of drug-likeness (QED) is 0.801. The minimum atomic E-state index is -0.408. The van der Waals surface area contributed by atoms with E-state index in [1.165, 1.54) is 0 Å². The van der Waals surface area contributed by atoms with Crippen molar-refractivity contribution >= 4 is 17.6 Å². The van der Waals surface area contributed by atoms with Crippen LogP contribution in [-0.4, -0.2) is 18.5 Å². The van der Waals surface area contributed by atoms with Crippen molar-refractivity contribution in [1.29, 1.82) is 5.26 Å². The molecule has 1 aromatic rings. The average molecular weight is 246 g/mol. The molecular weight excluding hydrogens is 232 g/mol. The number of amides is 1. The molecule has 0 aliphatic heterocycles. The number of benzene rings is 1. The van der Waals surface area contributed by atoms with Crippen LogP contribution < -0.4 is 5.32 Å². The Kier molecular flexibility index (Phi) is 5.39. The fourth-order valence-electron chi connectivity index (χ4n) is 1.24. The molecule has 0 unspecified atom stereocenters. The highest BCUT2D eigenvalue weighted by atomic mass is 16.5. The summed E-state index contributed by atoms with van der Waals surface area (Å²) < 4.78 is 4.69. The standard InChI is InChI=1S/C13H14N2O3/c1-2-13(17)18-9-12(16)15-11-5-3-10(4-6-11)7-8-14/h3-6H,2,7,9H2,1H3,(H,15,16). The number of carbonyl (C=O) groups excluding carboxylic acids is 2. The molecule has 0 saturated heterocycles. The molecule has 1 rings (SSSR count). The number of hydrogen-bond donors (Lipinski definition) is 1. The number of nitrogens with one attached hydrogen (secondary N) is 1. The third-order valence-electron chi connectivity index (χ3n) is 2.17. The number of nitriles is 1. The first-order valence-electron chi connectivity index (χ1n) is 5.57. The molecule has 0 heterocycles. The van der Waals surface area contributed by atoms with Gasteiger partial charge < -0.3 is 10.1 Å². The predicted octanol–water partition coefficient (Wildman–Crippen LogP) is 1.64. The molecule has 0 aliphatic carbocycles. The molecule has 94 valence electrons. The number of ether oxygens (including phenoxy) is 1. The van der Waals surface area contributed by atoms with E-state index in [4.69, 9.17) is 10.00 Å². The topological polar surface area (TPSA) is 79.2 Å². The summed E-state index contributed by atoms with van der Waals surface area (Å²) in [5.74, 6) is -0.792. The Balaban J connectivity index is 2.45. The largest absolute Gasteiger partial charge is 0.456 e. The van der Waals surface area contributed by atoms with E-state index >= 15 is 0 Å². The van der Waals surface area contributed by atoms with E-state index in [1.54, 1.807) is 31.2 Å². The van der Waals surface area contributed by atoms with Crippen LogP contribution >= 0.6 is 0 Å².